The zero-order valence-electron chi connectivity index (χ0n) is 18.9. The predicted octanol–water partition coefficient (Wildman–Crippen LogP) is 1.75. The molecule has 3 aromatic heterocycles. The molecule has 3 N–H and O–H groups in total. The lowest BCUT2D eigenvalue weighted by Crippen LogP contribution is -2.42. The van der Waals surface area contributed by atoms with Gasteiger partial charge >= 0.3 is 0 Å². The number of hydrogen-bond donors (Lipinski definition) is 3. The van der Waals surface area contributed by atoms with E-state index in [-0.39, 0.29) is 19.2 Å². The fourth-order valence-corrected chi connectivity index (χ4v) is 5.12. The number of pyridine rings is 1. The van der Waals surface area contributed by atoms with Gasteiger partial charge in [0, 0.05) is 13.3 Å². The van der Waals surface area contributed by atoms with E-state index in [0.717, 1.165) is 5.69 Å². The molecule has 2 saturated heterocycles. The van der Waals surface area contributed by atoms with Crippen LogP contribution in [0, 0.1) is 0 Å². The van der Waals surface area contributed by atoms with Gasteiger partial charge in [0.15, 0.2) is 15.4 Å². The van der Waals surface area contributed by atoms with E-state index in [0.29, 0.717) is 54.9 Å². The van der Waals surface area contributed by atoms with Crippen LogP contribution in [-0.4, -0.2) is 91.9 Å². The lowest BCUT2D eigenvalue weighted by molar-refractivity contribution is 0.000698. The Bertz CT molecular complexity index is 1160. The number of aliphatic hydroxyl groups excluding tert-OH is 1. The summed E-state index contributed by atoms with van der Waals surface area (Å²) >= 11 is 8.52. The maximum absolute atomic E-state index is 10.1. The van der Waals surface area contributed by atoms with Crippen LogP contribution in [0.25, 0.3) is 11.2 Å². The second-order valence-electron chi connectivity index (χ2n) is 8.20. The van der Waals surface area contributed by atoms with Gasteiger partial charge in [0.05, 0.1) is 62.4 Å². The summed E-state index contributed by atoms with van der Waals surface area (Å²) in [5.74, 6) is 0.493. The van der Waals surface area contributed by atoms with Gasteiger partial charge in [-0.2, -0.15) is 10.1 Å². The summed E-state index contributed by atoms with van der Waals surface area (Å²) in [6.45, 7) is 3.29. The zero-order chi connectivity index (χ0) is 24.4. The number of methoxy groups -OCH3 is 1. The van der Waals surface area contributed by atoms with E-state index < -0.39 is 21.9 Å². The molecule has 0 amide bonds. The number of H-pyrrole nitrogens is 1. The number of alkyl halides is 1. The van der Waals surface area contributed by atoms with Crippen LogP contribution >= 0.6 is 34.2 Å². The second-order valence-corrected chi connectivity index (χ2v) is 10.3. The molecule has 35 heavy (non-hydrogen) atoms. The van der Waals surface area contributed by atoms with E-state index in [2.05, 4.69) is 48.0 Å². The Morgan fingerprint density at radius 3 is 3.09 bits per heavy atom. The molecule has 190 valence electrons. The quantitative estimate of drug-likeness (QED) is 0.165. The number of anilines is 1. The Hall–Kier alpha value is -1.75. The summed E-state index contributed by atoms with van der Waals surface area (Å²) in [4.78, 5) is 12.1. The molecule has 12 nitrogen and oxygen atoms in total. The Kier molecular flexibility index (Phi) is 7.62. The van der Waals surface area contributed by atoms with Crippen LogP contribution in [0.15, 0.2) is 18.3 Å². The van der Waals surface area contributed by atoms with E-state index in [4.69, 9.17) is 35.3 Å². The lowest BCUT2D eigenvalue weighted by atomic mass is 10.1. The smallest absolute Gasteiger partial charge is 0.296 e. The maximum atomic E-state index is 10.1. The summed E-state index contributed by atoms with van der Waals surface area (Å²) in [7, 11) is 1.64. The molecule has 0 saturated carbocycles. The fraction of sp³-hybridized carbons (Fsp3) is 0.571. The Morgan fingerprint density at radius 2 is 2.23 bits per heavy atom. The molecule has 0 bridgehead atoms. The highest BCUT2D eigenvalue weighted by molar-refractivity contribution is 14.1. The molecule has 0 aromatic carbocycles. The Balaban J connectivity index is 1.19. The highest BCUT2D eigenvalue weighted by Gasteiger charge is 2.59. The van der Waals surface area contributed by atoms with Crippen molar-refractivity contribution in [2.24, 2.45) is 0 Å². The average molecular weight is 621 g/mol. The number of aromatic amines is 1. The minimum absolute atomic E-state index is 0.209. The number of ether oxygens (including phenoxy) is 5. The van der Waals surface area contributed by atoms with Crippen LogP contribution < -0.4 is 10.1 Å². The van der Waals surface area contributed by atoms with Crippen LogP contribution in [0.5, 0.6) is 6.01 Å². The molecule has 14 heteroatoms. The number of hydrogen-bond acceptors (Lipinski definition) is 10. The van der Waals surface area contributed by atoms with Crippen molar-refractivity contribution >= 4 is 51.2 Å². The largest absolute Gasteiger partial charge is 0.456 e. The van der Waals surface area contributed by atoms with E-state index >= 15 is 0 Å². The molecule has 2 aliphatic heterocycles. The van der Waals surface area contributed by atoms with Crippen molar-refractivity contribution in [1.29, 1.82) is 0 Å². The lowest BCUT2D eigenvalue weighted by Gasteiger charge is -2.23. The third kappa shape index (κ3) is 5.35. The van der Waals surface area contributed by atoms with Crippen molar-refractivity contribution in [2.75, 3.05) is 45.5 Å². The monoisotopic (exact) mass is 620 g/mol. The molecule has 0 aliphatic carbocycles. The minimum atomic E-state index is -0.808. The first-order valence-corrected chi connectivity index (χ1v) is 12.6. The number of aliphatic hydroxyl groups is 1. The van der Waals surface area contributed by atoms with Gasteiger partial charge in [0.25, 0.3) is 6.01 Å². The van der Waals surface area contributed by atoms with E-state index in [1.165, 1.54) is 0 Å². The summed E-state index contributed by atoms with van der Waals surface area (Å²) in [5, 5.41) is 18.3. The van der Waals surface area contributed by atoms with Crippen molar-refractivity contribution in [3.8, 4) is 6.01 Å². The zero-order valence-corrected chi connectivity index (χ0v) is 21.9. The minimum Gasteiger partial charge on any atom is -0.456 e. The molecule has 5 rings (SSSR count). The highest BCUT2D eigenvalue weighted by atomic mass is 127. The van der Waals surface area contributed by atoms with Crippen LogP contribution in [0.1, 0.15) is 5.69 Å². The summed E-state index contributed by atoms with van der Waals surface area (Å²) < 4.78 is 28.9. The molecule has 0 spiro atoms. The number of nitrogens with one attached hydrogen (secondary N) is 2. The number of nitrogens with zero attached hydrogens (tertiary/aromatic N) is 4. The van der Waals surface area contributed by atoms with Crippen LogP contribution in [0.3, 0.4) is 0 Å². The van der Waals surface area contributed by atoms with Gasteiger partial charge < -0.3 is 39.1 Å². The van der Waals surface area contributed by atoms with E-state index in [1.807, 2.05) is 16.9 Å². The maximum Gasteiger partial charge on any atom is 0.296 e. The molecule has 4 atom stereocenters. The topological polar surface area (TPSA) is 138 Å². The van der Waals surface area contributed by atoms with Crippen molar-refractivity contribution < 1.29 is 28.8 Å². The number of halogens is 2. The Morgan fingerprint density at radius 1 is 1.34 bits per heavy atom. The number of imidazole rings is 1. The summed E-state index contributed by atoms with van der Waals surface area (Å²) in [5.41, 5.74) is 1.94. The first-order chi connectivity index (χ1) is 17.0. The summed E-state index contributed by atoms with van der Waals surface area (Å²) in [6, 6.07) is 3.95. The van der Waals surface area contributed by atoms with Crippen LogP contribution in [-0.2, 0) is 32.0 Å². The summed E-state index contributed by atoms with van der Waals surface area (Å²) in [6.07, 6.45) is 0.401. The molecule has 0 unspecified atom stereocenters. The Labute approximate surface area is 219 Å². The molecular formula is C21H26ClIN6O6. The van der Waals surface area contributed by atoms with Crippen molar-refractivity contribution in [3.05, 3.63) is 29.0 Å². The third-order valence-electron chi connectivity index (χ3n) is 5.78. The molecule has 3 aromatic rings. The van der Waals surface area contributed by atoms with Crippen LogP contribution in [0.2, 0.25) is 5.02 Å². The van der Waals surface area contributed by atoms with Crippen molar-refractivity contribution in [2.45, 2.75) is 35.0 Å². The normalized spacial score (nSPS) is 25.9. The van der Waals surface area contributed by atoms with Gasteiger partial charge in [-0.3, -0.25) is 4.68 Å². The molecular weight excluding hydrogens is 595 g/mol. The van der Waals surface area contributed by atoms with Gasteiger partial charge in [0.1, 0.15) is 18.0 Å². The SMILES string of the molecule is COCCOCCn1ccc(CNc2nc3nc(O[C@@H]4CO[C@]5(I)[C@H](O)CO[C@H]45)[nH]c3cc2Cl)n1. The first kappa shape index (κ1) is 24.9. The first-order valence-electron chi connectivity index (χ1n) is 11.1. The highest BCUT2D eigenvalue weighted by Crippen LogP contribution is 2.44. The van der Waals surface area contributed by atoms with E-state index in [9.17, 15) is 5.11 Å². The van der Waals surface area contributed by atoms with Gasteiger partial charge in [-0.25, -0.2) is 4.98 Å². The predicted molar refractivity (Wildman–Crippen MR) is 134 cm³/mol. The van der Waals surface area contributed by atoms with Crippen molar-refractivity contribution in [1.82, 2.24) is 24.7 Å². The fourth-order valence-electron chi connectivity index (χ4n) is 3.96. The molecule has 5 heterocycles. The van der Waals surface area contributed by atoms with E-state index in [1.54, 1.807) is 13.2 Å². The van der Waals surface area contributed by atoms with Crippen molar-refractivity contribution in [3.63, 3.8) is 0 Å². The average Bonchev–Trinajstić information content (AvgIpc) is 3.58. The standard InChI is InChI=1S/C21H26ClIN6O6/c1-31-6-7-32-5-4-29-3-2-12(28-29)9-24-18-13(22)8-14-19(26-18)27-20(25-14)35-15-10-34-21(23)16(30)11-33-17(15)21/h2-3,8,15-17,30H,4-7,9-11H2,1H3,(H2,24,25,26,27)/t15-,16-,17-,21-/m1/s1. The molecule has 2 aliphatic rings. The molecule has 0 radical (unpaired) electrons. The number of aromatic nitrogens is 5. The third-order valence-corrected chi connectivity index (χ3v) is 7.71. The van der Waals surface area contributed by atoms with Gasteiger partial charge in [-0.05, 0) is 34.7 Å². The van der Waals surface area contributed by atoms with Gasteiger partial charge in [-0.15, -0.1) is 0 Å². The van der Waals surface area contributed by atoms with Gasteiger partial charge in [0.2, 0.25) is 0 Å². The second kappa shape index (κ2) is 10.7. The van der Waals surface area contributed by atoms with Crippen LogP contribution in [0.4, 0.5) is 5.82 Å². The number of fused-ring (bicyclic) bond motifs is 2. The molecule has 2 fully saturated rings. The number of rotatable bonds is 11. The van der Waals surface area contributed by atoms with Gasteiger partial charge in [-0.1, -0.05) is 11.6 Å².